The Morgan fingerprint density at radius 1 is 1.16 bits per heavy atom. The zero-order valence-corrected chi connectivity index (χ0v) is 24.1. The number of unbranched alkanes of at least 4 members (excludes halogenated alkanes) is 1. The topological polar surface area (TPSA) is 111 Å². The van der Waals surface area contributed by atoms with E-state index in [4.69, 9.17) is 28.3 Å². The molecule has 2 atom stereocenters. The molecule has 2 amide bonds. The summed E-state index contributed by atoms with van der Waals surface area (Å²) in [6.45, 7) is 0.999. The van der Waals surface area contributed by atoms with Gasteiger partial charge in [-0.05, 0) is 30.2 Å². The Morgan fingerprint density at radius 3 is 2.63 bits per heavy atom. The Labute approximate surface area is 243 Å². The highest BCUT2D eigenvalue weighted by Gasteiger charge is 2.54. The Kier molecular flexibility index (Phi) is 10.3. The molecule has 2 aromatic rings. The van der Waals surface area contributed by atoms with Crippen LogP contribution in [0.25, 0.3) is 0 Å². The monoisotopic (exact) mass is 614 g/mol. The van der Waals surface area contributed by atoms with Gasteiger partial charge in [0.2, 0.25) is 5.91 Å². The van der Waals surface area contributed by atoms with Crippen LogP contribution in [-0.2, 0) is 20.9 Å². The number of aliphatic hydroxyl groups is 1. The summed E-state index contributed by atoms with van der Waals surface area (Å²) in [5.74, 6) is -0.979. The lowest BCUT2D eigenvalue weighted by molar-refractivity contribution is -0.697. The van der Waals surface area contributed by atoms with E-state index in [0.717, 1.165) is 24.3 Å². The van der Waals surface area contributed by atoms with Crippen LogP contribution < -0.4 is 9.88 Å². The van der Waals surface area contributed by atoms with E-state index in [1.54, 1.807) is 18.2 Å². The van der Waals surface area contributed by atoms with E-state index in [1.165, 1.54) is 40.2 Å². The molecule has 0 radical (unpaired) electrons. The van der Waals surface area contributed by atoms with Crippen LogP contribution in [0.1, 0.15) is 12.8 Å². The number of carbonyl (C=O) groups excluding carboxylic acids is 2. The van der Waals surface area contributed by atoms with Crippen LogP contribution in [0, 0.1) is 0 Å². The molecule has 1 saturated heterocycles. The van der Waals surface area contributed by atoms with Crippen LogP contribution in [-0.4, -0.2) is 68.2 Å². The molecule has 0 aliphatic carbocycles. The number of nitrogens with zero attached hydrogens (tertiary/aromatic N) is 2. The number of aliphatic hydroxyl groups excluding tert-OH is 1. The molecule has 3 heterocycles. The van der Waals surface area contributed by atoms with Crippen molar-refractivity contribution in [1.82, 2.24) is 10.2 Å². The van der Waals surface area contributed by atoms with E-state index >= 15 is 0 Å². The number of hydrogen-bond donors (Lipinski definition) is 3. The van der Waals surface area contributed by atoms with E-state index in [9.17, 15) is 19.5 Å². The lowest BCUT2D eigenvalue weighted by Crippen LogP contribution is -2.70. The summed E-state index contributed by atoms with van der Waals surface area (Å²) in [5, 5.41) is 22.1. The largest absolute Gasteiger partial charge is 0.477 e. The minimum Gasteiger partial charge on any atom is -0.477 e. The number of carboxylic acid groups (broad SMARTS) is 1. The third-order valence-electron chi connectivity index (χ3n) is 5.92. The van der Waals surface area contributed by atoms with E-state index in [1.807, 2.05) is 29.1 Å². The van der Waals surface area contributed by atoms with E-state index in [2.05, 4.69) is 5.32 Å². The molecule has 4 rings (SSSR count). The molecule has 3 N–H and O–H groups in total. The molecule has 2 aliphatic heterocycles. The molecule has 1 aromatic carbocycles. The fraction of sp³-hybridized carbons (Fsp3) is 0.360. The van der Waals surface area contributed by atoms with Crippen molar-refractivity contribution in [3.8, 4) is 0 Å². The first-order valence-electron chi connectivity index (χ1n) is 11.8. The molecule has 1 fully saturated rings. The molecule has 0 saturated carbocycles. The number of carboxylic acids is 1. The number of nitrogens with one attached hydrogen (secondary N) is 1. The number of rotatable bonds is 12. The zero-order valence-electron chi connectivity index (χ0n) is 20.1. The summed E-state index contributed by atoms with van der Waals surface area (Å²) >= 11 is 16.3. The van der Waals surface area contributed by atoms with Gasteiger partial charge in [-0.25, -0.2) is 9.36 Å². The van der Waals surface area contributed by atoms with E-state index in [0.29, 0.717) is 32.0 Å². The highest BCUT2D eigenvalue weighted by atomic mass is 35.5. The minimum atomic E-state index is -1.15. The van der Waals surface area contributed by atoms with Crippen molar-refractivity contribution in [2.75, 3.05) is 23.9 Å². The molecule has 1 aromatic heterocycles. The number of pyridine rings is 1. The van der Waals surface area contributed by atoms with E-state index < -0.39 is 23.3 Å². The van der Waals surface area contributed by atoms with E-state index in [-0.39, 0.29) is 24.0 Å². The highest BCUT2D eigenvalue weighted by Crippen LogP contribution is 2.41. The van der Waals surface area contributed by atoms with Crippen LogP contribution >= 0.6 is 58.5 Å². The Morgan fingerprint density at radius 2 is 1.92 bits per heavy atom. The first-order chi connectivity index (χ1) is 18.3. The molecule has 202 valence electrons. The van der Waals surface area contributed by atoms with Crippen LogP contribution in [0.5, 0.6) is 0 Å². The maximum Gasteiger partial charge on any atom is 0.352 e. The molecule has 0 unspecified atom stereocenters. The smallest absolute Gasteiger partial charge is 0.352 e. The van der Waals surface area contributed by atoms with Gasteiger partial charge in [0.15, 0.2) is 12.4 Å². The molecule has 0 spiro atoms. The van der Waals surface area contributed by atoms with Crippen molar-refractivity contribution in [3.63, 3.8) is 0 Å². The summed E-state index contributed by atoms with van der Waals surface area (Å²) in [6.07, 6.45) is 5.57. The van der Waals surface area contributed by atoms with Gasteiger partial charge in [-0.2, -0.15) is 0 Å². The summed E-state index contributed by atoms with van der Waals surface area (Å²) in [7, 11) is 0. The van der Waals surface area contributed by atoms with Crippen molar-refractivity contribution in [3.05, 3.63) is 64.0 Å². The fourth-order valence-electron chi connectivity index (χ4n) is 4.01. The van der Waals surface area contributed by atoms with Crippen molar-refractivity contribution in [2.24, 2.45) is 0 Å². The first-order valence-corrected chi connectivity index (χ1v) is 15.6. The fourth-order valence-corrected chi connectivity index (χ4v) is 7.68. The van der Waals surface area contributed by atoms with Gasteiger partial charge in [-0.15, -0.1) is 35.3 Å². The SMILES string of the molecule is O=C(CSc1cc(Cl)ccc1Cl)N[C@@H]1C(=O)N2C(C(=O)O)=C(CSc3cc[n+](CCCCO)cc3)CS[C@H]12. The zero-order chi connectivity index (χ0) is 27.2. The third-order valence-corrected chi connectivity index (χ3v) is 10.1. The molecule has 2 aliphatic rings. The number of aromatic nitrogens is 1. The van der Waals surface area contributed by atoms with Gasteiger partial charge in [0.05, 0.1) is 10.8 Å². The van der Waals surface area contributed by atoms with Gasteiger partial charge in [-0.3, -0.25) is 14.5 Å². The molecule has 8 nitrogen and oxygen atoms in total. The predicted octanol–water partition coefficient (Wildman–Crippen LogP) is 3.68. The molecule has 0 bridgehead atoms. The molecular weight excluding hydrogens is 589 g/mol. The number of benzene rings is 1. The van der Waals surface area contributed by atoms with Crippen molar-refractivity contribution in [1.29, 1.82) is 0 Å². The van der Waals surface area contributed by atoms with Crippen LogP contribution in [0.3, 0.4) is 0 Å². The maximum atomic E-state index is 12.9. The lowest BCUT2D eigenvalue weighted by atomic mass is 10.0. The third kappa shape index (κ3) is 7.00. The van der Waals surface area contributed by atoms with Crippen LogP contribution in [0.15, 0.2) is 63.8 Å². The van der Waals surface area contributed by atoms with Crippen LogP contribution in [0.4, 0.5) is 0 Å². The Balaban J connectivity index is 1.34. The summed E-state index contributed by atoms with van der Waals surface area (Å²) < 4.78 is 2.04. The lowest BCUT2D eigenvalue weighted by Gasteiger charge is -2.49. The van der Waals surface area contributed by atoms with Gasteiger partial charge in [-0.1, -0.05) is 23.2 Å². The quantitative estimate of drug-likeness (QED) is 0.144. The first kappa shape index (κ1) is 29.1. The predicted molar refractivity (Wildman–Crippen MR) is 151 cm³/mol. The number of thioether (sulfide) groups is 3. The summed E-state index contributed by atoms with van der Waals surface area (Å²) in [6, 6.07) is 8.15. The van der Waals surface area contributed by atoms with Gasteiger partial charge in [0.25, 0.3) is 5.91 Å². The number of amides is 2. The Bertz CT molecular complexity index is 1250. The molecule has 13 heteroatoms. The second-order valence-corrected chi connectivity index (χ2v) is 12.6. The second kappa shape index (κ2) is 13.5. The standard InChI is InChI=1S/C25H25Cl2N3O5S3/c26-16-3-4-18(27)19(11-16)37-14-20(32)28-21-23(33)30-22(25(34)35)15(13-38-24(21)30)12-36-17-5-8-29(9-6-17)7-1-2-10-31/h3-6,8-9,11,21,24,31H,1-2,7,10,12-14H2,(H-,28,32,34,35)/p+1/t21-,24-/m1/s1. The number of halogens is 2. The van der Waals surface area contributed by atoms with Crippen molar-refractivity contribution >= 4 is 76.3 Å². The number of carbonyl (C=O) groups is 3. The minimum absolute atomic E-state index is 0.00633. The van der Waals surface area contributed by atoms with Gasteiger partial charge in [0, 0.05) is 51.5 Å². The Hall–Kier alpha value is -1.89. The average Bonchev–Trinajstić information content (AvgIpc) is 2.91. The van der Waals surface area contributed by atoms with Gasteiger partial charge in [0.1, 0.15) is 23.7 Å². The number of fused-ring (bicyclic) bond motifs is 1. The van der Waals surface area contributed by atoms with Gasteiger partial charge >= 0.3 is 5.97 Å². The van der Waals surface area contributed by atoms with Crippen molar-refractivity contribution < 1.29 is 29.2 Å². The summed E-state index contributed by atoms with van der Waals surface area (Å²) in [4.78, 5) is 40.5. The normalized spacial score (nSPS) is 18.7. The van der Waals surface area contributed by atoms with Crippen molar-refractivity contribution in [2.45, 2.75) is 40.6 Å². The summed E-state index contributed by atoms with van der Waals surface area (Å²) in [5.41, 5.74) is 0.680. The second-order valence-electron chi connectivity index (χ2n) is 8.57. The molecule has 38 heavy (non-hydrogen) atoms. The van der Waals surface area contributed by atoms with Gasteiger partial charge < -0.3 is 15.5 Å². The van der Waals surface area contributed by atoms with Crippen LogP contribution in [0.2, 0.25) is 10.0 Å². The molecular formula is C25H26Cl2N3O5S3+. The average molecular weight is 616 g/mol. The maximum absolute atomic E-state index is 12.9. The number of hydrogen-bond acceptors (Lipinski definition) is 7. The highest BCUT2D eigenvalue weighted by molar-refractivity contribution is 8.01. The number of β-lactam (4-membered cyclic amide) rings is 1. The number of aryl methyl sites for hydroxylation is 1. The number of aliphatic carboxylic acids is 1.